The van der Waals surface area contributed by atoms with E-state index in [1.807, 2.05) is 20.8 Å². The Labute approximate surface area is 128 Å². The molecule has 1 aliphatic rings. The zero-order valence-electron chi connectivity index (χ0n) is 13.8. The fourth-order valence-corrected chi connectivity index (χ4v) is 2.34. The number of nitrogens with one attached hydrogen (secondary N) is 2. The molecule has 0 bridgehead atoms. The Kier molecular flexibility index (Phi) is 8.12. The lowest BCUT2D eigenvalue weighted by atomic mass is 10.1. The highest BCUT2D eigenvalue weighted by Gasteiger charge is 2.24. The van der Waals surface area contributed by atoms with Crippen LogP contribution in [0.2, 0.25) is 0 Å². The Balaban J connectivity index is 2.25. The Morgan fingerprint density at radius 3 is 2.71 bits per heavy atom. The number of carbonyl (C=O) groups excluding carboxylic acids is 1. The molecule has 21 heavy (non-hydrogen) atoms. The number of aliphatic imine (C=N–C) groups is 1. The van der Waals surface area contributed by atoms with Crippen LogP contribution in [0.15, 0.2) is 4.99 Å². The van der Waals surface area contributed by atoms with E-state index in [0.717, 1.165) is 38.7 Å². The number of guanidine groups is 1. The fourth-order valence-electron chi connectivity index (χ4n) is 2.34. The van der Waals surface area contributed by atoms with Crippen molar-refractivity contribution in [1.82, 2.24) is 15.5 Å². The van der Waals surface area contributed by atoms with Gasteiger partial charge >= 0.3 is 0 Å². The second kappa shape index (κ2) is 9.60. The maximum Gasteiger partial charge on any atom is 0.222 e. The quantitative estimate of drug-likeness (QED) is 0.412. The predicted octanol–water partition coefficient (Wildman–Crippen LogP) is 0.692. The molecule has 1 fully saturated rings. The molecule has 1 aliphatic heterocycles. The number of likely N-dealkylation sites (tertiary alicyclic amines) is 1. The molecule has 1 amide bonds. The van der Waals surface area contributed by atoms with Crippen molar-refractivity contribution in [2.75, 3.05) is 46.4 Å². The van der Waals surface area contributed by atoms with Gasteiger partial charge in [-0.25, -0.2) is 0 Å². The summed E-state index contributed by atoms with van der Waals surface area (Å²) in [5, 5.41) is 6.20. The van der Waals surface area contributed by atoms with Crippen LogP contribution in [0.5, 0.6) is 0 Å². The van der Waals surface area contributed by atoms with Crippen LogP contribution in [0.4, 0.5) is 0 Å². The van der Waals surface area contributed by atoms with E-state index in [9.17, 15) is 4.79 Å². The van der Waals surface area contributed by atoms with Gasteiger partial charge in [-0.2, -0.15) is 0 Å². The largest absolute Gasteiger partial charge is 0.381 e. The molecule has 122 valence electrons. The van der Waals surface area contributed by atoms with E-state index in [2.05, 4.69) is 20.5 Å². The second-order valence-corrected chi connectivity index (χ2v) is 5.68. The van der Waals surface area contributed by atoms with Crippen LogP contribution >= 0.6 is 0 Å². The van der Waals surface area contributed by atoms with Crippen LogP contribution in [0, 0.1) is 11.8 Å². The zero-order chi connectivity index (χ0) is 15.7. The molecule has 0 spiro atoms. The third kappa shape index (κ3) is 6.33. The molecule has 1 unspecified atom stereocenters. The third-order valence-corrected chi connectivity index (χ3v) is 3.59. The third-order valence-electron chi connectivity index (χ3n) is 3.59. The van der Waals surface area contributed by atoms with E-state index in [4.69, 9.17) is 4.74 Å². The van der Waals surface area contributed by atoms with Crippen molar-refractivity contribution in [1.29, 1.82) is 0 Å². The molecule has 2 N–H and O–H groups in total. The summed E-state index contributed by atoms with van der Waals surface area (Å²) < 4.78 is 5.49. The lowest BCUT2D eigenvalue weighted by Crippen LogP contribution is -2.43. The lowest BCUT2D eigenvalue weighted by Gasteiger charge is -2.22. The monoisotopic (exact) mass is 298 g/mol. The molecule has 0 radical (unpaired) electrons. The average molecular weight is 298 g/mol. The van der Waals surface area contributed by atoms with Crippen molar-refractivity contribution in [2.45, 2.75) is 27.2 Å². The molecule has 0 aromatic carbocycles. The maximum atomic E-state index is 11.5. The van der Waals surface area contributed by atoms with Crippen LogP contribution in [0.3, 0.4) is 0 Å². The van der Waals surface area contributed by atoms with Crippen LogP contribution in [0.1, 0.15) is 27.2 Å². The van der Waals surface area contributed by atoms with Gasteiger partial charge in [-0.15, -0.1) is 0 Å². The summed E-state index contributed by atoms with van der Waals surface area (Å²) in [4.78, 5) is 18.0. The molecule has 1 rings (SSSR count). The van der Waals surface area contributed by atoms with Crippen molar-refractivity contribution in [3.63, 3.8) is 0 Å². The molecule has 0 aromatic heterocycles. The van der Waals surface area contributed by atoms with Gasteiger partial charge in [-0.1, -0.05) is 13.8 Å². The van der Waals surface area contributed by atoms with E-state index in [1.54, 1.807) is 7.05 Å². The summed E-state index contributed by atoms with van der Waals surface area (Å²) in [6.07, 6.45) is 1.14. The number of nitrogens with zero attached hydrogens (tertiary/aromatic N) is 2. The lowest BCUT2D eigenvalue weighted by molar-refractivity contribution is -0.123. The summed E-state index contributed by atoms with van der Waals surface area (Å²) in [5.41, 5.74) is 0. The van der Waals surface area contributed by atoms with Crippen molar-refractivity contribution >= 4 is 11.9 Å². The van der Waals surface area contributed by atoms with Gasteiger partial charge in [0, 0.05) is 51.7 Å². The minimum absolute atomic E-state index is 0.0298. The van der Waals surface area contributed by atoms with Crippen molar-refractivity contribution in [3.05, 3.63) is 0 Å². The molecule has 0 aliphatic carbocycles. The van der Waals surface area contributed by atoms with Gasteiger partial charge in [0.2, 0.25) is 5.91 Å². The van der Waals surface area contributed by atoms with Crippen molar-refractivity contribution < 1.29 is 9.53 Å². The molecular formula is C15H30N4O2. The highest BCUT2D eigenvalue weighted by Crippen LogP contribution is 2.16. The van der Waals surface area contributed by atoms with Crippen molar-refractivity contribution in [3.8, 4) is 0 Å². The van der Waals surface area contributed by atoms with Gasteiger partial charge in [0.15, 0.2) is 5.96 Å². The molecule has 6 heteroatoms. The summed E-state index contributed by atoms with van der Waals surface area (Å²) in [5.74, 6) is 1.61. The first-order valence-corrected chi connectivity index (χ1v) is 7.89. The topological polar surface area (TPSA) is 66.0 Å². The second-order valence-electron chi connectivity index (χ2n) is 5.68. The number of hydrogen-bond donors (Lipinski definition) is 2. The molecular weight excluding hydrogens is 268 g/mol. The number of ether oxygens (including phenoxy) is 1. The molecule has 0 aromatic rings. The molecule has 1 saturated heterocycles. The SMILES string of the molecule is CCOCC1CCN(C(=NC)NCCNC(=O)C(C)C)C1. The smallest absolute Gasteiger partial charge is 0.222 e. The van der Waals surface area contributed by atoms with Crippen molar-refractivity contribution in [2.24, 2.45) is 16.8 Å². The zero-order valence-corrected chi connectivity index (χ0v) is 13.8. The molecule has 0 saturated carbocycles. The van der Waals surface area contributed by atoms with Gasteiger partial charge in [0.1, 0.15) is 0 Å². The number of carbonyl (C=O) groups is 1. The summed E-state index contributed by atoms with van der Waals surface area (Å²) in [6, 6.07) is 0. The minimum Gasteiger partial charge on any atom is -0.381 e. The van der Waals surface area contributed by atoms with E-state index >= 15 is 0 Å². The normalized spacial score (nSPS) is 19.2. The first-order chi connectivity index (χ1) is 10.1. The Hall–Kier alpha value is -1.30. The predicted molar refractivity (Wildman–Crippen MR) is 85.4 cm³/mol. The maximum absolute atomic E-state index is 11.5. The Morgan fingerprint density at radius 2 is 2.10 bits per heavy atom. The van der Waals surface area contributed by atoms with Gasteiger partial charge < -0.3 is 20.3 Å². The van der Waals surface area contributed by atoms with Gasteiger partial charge in [0.05, 0.1) is 6.61 Å². The molecule has 1 heterocycles. The minimum atomic E-state index is 0.0298. The highest BCUT2D eigenvalue weighted by molar-refractivity contribution is 5.80. The molecule has 1 atom stereocenters. The number of amides is 1. The Morgan fingerprint density at radius 1 is 1.38 bits per heavy atom. The van der Waals surface area contributed by atoms with Gasteiger partial charge in [-0.3, -0.25) is 9.79 Å². The van der Waals surface area contributed by atoms with Crippen LogP contribution in [-0.4, -0.2) is 63.2 Å². The molecule has 6 nitrogen and oxygen atoms in total. The van der Waals surface area contributed by atoms with E-state index in [1.165, 1.54) is 0 Å². The van der Waals surface area contributed by atoms with Crippen LogP contribution in [0.25, 0.3) is 0 Å². The fraction of sp³-hybridized carbons (Fsp3) is 0.867. The number of hydrogen-bond acceptors (Lipinski definition) is 3. The van der Waals surface area contributed by atoms with E-state index < -0.39 is 0 Å². The standard InChI is InChI=1S/C15H30N4O2/c1-5-21-11-13-6-9-19(10-13)15(16-4)18-8-7-17-14(20)12(2)3/h12-13H,5-11H2,1-4H3,(H,16,18)(H,17,20). The first-order valence-electron chi connectivity index (χ1n) is 7.89. The van der Waals surface area contributed by atoms with E-state index in [-0.39, 0.29) is 11.8 Å². The van der Waals surface area contributed by atoms with Gasteiger partial charge in [0.25, 0.3) is 0 Å². The first kappa shape index (κ1) is 17.8. The van der Waals surface area contributed by atoms with Gasteiger partial charge in [-0.05, 0) is 13.3 Å². The summed E-state index contributed by atoms with van der Waals surface area (Å²) in [6.45, 7) is 10.7. The summed E-state index contributed by atoms with van der Waals surface area (Å²) in [7, 11) is 1.80. The van der Waals surface area contributed by atoms with E-state index in [0.29, 0.717) is 19.0 Å². The summed E-state index contributed by atoms with van der Waals surface area (Å²) >= 11 is 0. The Bertz CT molecular complexity index is 345. The number of rotatable bonds is 7. The highest BCUT2D eigenvalue weighted by atomic mass is 16.5. The average Bonchev–Trinajstić information content (AvgIpc) is 2.93. The van der Waals surface area contributed by atoms with Crippen LogP contribution in [-0.2, 0) is 9.53 Å². The van der Waals surface area contributed by atoms with Crippen LogP contribution < -0.4 is 10.6 Å².